The predicted molar refractivity (Wildman–Crippen MR) is 76.3 cm³/mol. The highest BCUT2D eigenvalue weighted by atomic mass is 16.5. The molecule has 2 atom stereocenters. The van der Waals surface area contributed by atoms with Crippen LogP contribution in [-0.2, 0) is 11.3 Å². The molecular weight excluding hydrogens is 220 g/mol. The summed E-state index contributed by atoms with van der Waals surface area (Å²) < 4.78 is 5.89. The fourth-order valence-electron chi connectivity index (χ4n) is 2.73. The van der Waals surface area contributed by atoms with Crippen LogP contribution >= 0.6 is 0 Å². The van der Waals surface area contributed by atoms with Crippen LogP contribution in [0.2, 0.25) is 0 Å². The molecule has 0 unspecified atom stereocenters. The molecule has 0 bridgehead atoms. The molecule has 0 saturated heterocycles. The molecule has 1 aromatic carbocycles. The maximum atomic E-state index is 5.89. The summed E-state index contributed by atoms with van der Waals surface area (Å²) in [4.78, 5) is 0. The van der Waals surface area contributed by atoms with E-state index in [0.717, 1.165) is 6.61 Å². The quantitative estimate of drug-likeness (QED) is 0.711. The van der Waals surface area contributed by atoms with E-state index in [1.807, 2.05) is 6.07 Å². The van der Waals surface area contributed by atoms with Crippen molar-refractivity contribution in [3.63, 3.8) is 0 Å². The molecule has 1 aromatic rings. The molecular formula is C17H24O. The van der Waals surface area contributed by atoms with E-state index in [9.17, 15) is 0 Å². The summed E-state index contributed by atoms with van der Waals surface area (Å²) >= 11 is 0. The Balaban J connectivity index is 1.88. The second-order valence-electron chi connectivity index (χ2n) is 6.06. The topological polar surface area (TPSA) is 9.23 Å². The molecule has 0 amide bonds. The first-order valence-electron chi connectivity index (χ1n) is 6.82. The lowest BCUT2D eigenvalue weighted by atomic mass is 9.74. The summed E-state index contributed by atoms with van der Waals surface area (Å²) in [5.74, 6) is 1.19. The maximum Gasteiger partial charge on any atom is 0.0717 e. The lowest BCUT2D eigenvalue weighted by Gasteiger charge is -2.32. The van der Waals surface area contributed by atoms with Gasteiger partial charge < -0.3 is 4.74 Å². The summed E-state index contributed by atoms with van der Waals surface area (Å²) in [5, 5.41) is 0. The van der Waals surface area contributed by atoms with Gasteiger partial charge in [0.15, 0.2) is 0 Å². The van der Waals surface area contributed by atoms with Crippen LogP contribution in [0.3, 0.4) is 0 Å². The molecule has 0 spiro atoms. The van der Waals surface area contributed by atoms with Crippen LogP contribution in [0.4, 0.5) is 0 Å². The number of rotatable bonds is 4. The average molecular weight is 244 g/mol. The molecule has 0 radical (unpaired) electrons. The van der Waals surface area contributed by atoms with Gasteiger partial charge in [-0.1, -0.05) is 62.8 Å². The number of hydrogen-bond acceptors (Lipinski definition) is 1. The van der Waals surface area contributed by atoms with Gasteiger partial charge in [0.2, 0.25) is 0 Å². The highest BCUT2D eigenvalue weighted by Gasteiger charge is 2.39. The highest BCUT2D eigenvalue weighted by molar-refractivity contribution is 5.19. The van der Waals surface area contributed by atoms with E-state index in [4.69, 9.17) is 4.74 Å². The molecule has 0 fully saturated rings. The van der Waals surface area contributed by atoms with Crippen LogP contribution in [0.25, 0.3) is 0 Å². The molecule has 1 nitrogen and oxygen atoms in total. The van der Waals surface area contributed by atoms with Crippen molar-refractivity contribution in [3.8, 4) is 0 Å². The van der Waals surface area contributed by atoms with Gasteiger partial charge in [0.05, 0.1) is 13.2 Å². The third kappa shape index (κ3) is 2.67. The molecule has 0 heterocycles. The smallest absolute Gasteiger partial charge is 0.0717 e. The van der Waals surface area contributed by atoms with E-state index < -0.39 is 0 Å². The molecule has 0 N–H and O–H groups in total. The zero-order chi connectivity index (χ0) is 13.2. The molecule has 18 heavy (non-hydrogen) atoms. The van der Waals surface area contributed by atoms with Crippen molar-refractivity contribution >= 4 is 0 Å². The molecule has 1 aliphatic rings. The van der Waals surface area contributed by atoms with Crippen LogP contribution in [0.5, 0.6) is 0 Å². The Morgan fingerprint density at radius 1 is 1.17 bits per heavy atom. The van der Waals surface area contributed by atoms with E-state index >= 15 is 0 Å². The second kappa shape index (κ2) is 5.27. The fourth-order valence-corrected chi connectivity index (χ4v) is 2.73. The van der Waals surface area contributed by atoms with Crippen LogP contribution in [0.15, 0.2) is 42.0 Å². The first-order chi connectivity index (χ1) is 8.51. The summed E-state index contributed by atoms with van der Waals surface area (Å²) in [6, 6.07) is 10.4. The summed E-state index contributed by atoms with van der Waals surface area (Å²) in [6.45, 7) is 10.8. The second-order valence-corrected chi connectivity index (χ2v) is 6.06. The van der Waals surface area contributed by atoms with Gasteiger partial charge in [0.25, 0.3) is 0 Å². The summed E-state index contributed by atoms with van der Waals surface area (Å²) in [6.07, 6.45) is 2.40. The first-order valence-corrected chi connectivity index (χ1v) is 6.82. The molecule has 0 aliphatic heterocycles. The molecule has 1 heteroatoms. The van der Waals surface area contributed by atoms with Gasteiger partial charge in [-0.15, -0.1) is 0 Å². The van der Waals surface area contributed by atoms with Gasteiger partial charge >= 0.3 is 0 Å². The Bertz CT molecular complexity index is 416. The Morgan fingerprint density at radius 2 is 1.83 bits per heavy atom. The zero-order valence-electron chi connectivity index (χ0n) is 11.9. The van der Waals surface area contributed by atoms with E-state index in [2.05, 4.69) is 58.0 Å². The Labute approximate surface area is 111 Å². The molecule has 1 aliphatic carbocycles. The van der Waals surface area contributed by atoms with Crippen LogP contribution < -0.4 is 0 Å². The molecule has 0 aromatic heterocycles. The van der Waals surface area contributed by atoms with Crippen molar-refractivity contribution in [2.45, 2.75) is 34.3 Å². The number of allylic oxidation sites excluding steroid dienone is 1. The summed E-state index contributed by atoms with van der Waals surface area (Å²) in [7, 11) is 0. The van der Waals surface area contributed by atoms with Crippen molar-refractivity contribution in [2.24, 2.45) is 17.3 Å². The molecule has 2 rings (SSSR count). The standard InChI is InChI=1S/C17H24O/c1-13-10-16(17(3,4)14(13)2)12-18-11-15-8-6-5-7-9-15/h5-10,14,16H,11-12H2,1-4H3/t14-,16+/m0/s1. The van der Waals surface area contributed by atoms with Crippen molar-refractivity contribution < 1.29 is 4.74 Å². The normalized spacial score (nSPS) is 26.1. The Kier molecular flexibility index (Phi) is 3.91. The van der Waals surface area contributed by atoms with Crippen LogP contribution in [0.1, 0.15) is 33.3 Å². The largest absolute Gasteiger partial charge is 0.376 e. The maximum absolute atomic E-state index is 5.89. The van der Waals surface area contributed by atoms with Crippen molar-refractivity contribution in [2.75, 3.05) is 6.61 Å². The zero-order valence-corrected chi connectivity index (χ0v) is 11.9. The number of hydrogen-bond donors (Lipinski definition) is 0. The van der Waals surface area contributed by atoms with Crippen molar-refractivity contribution in [1.29, 1.82) is 0 Å². The van der Waals surface area contributed by atoms with E-state index in [0.29, 0.717) is 23.9 Å². The number of benzene rings is 1. The fraction of sp³-hybridized carbons (Fsp3) is 0.529. The third-order valence-electron chi connectivity index (χ3n) is 4.63. The van der Waals surface area contributed by atoms with Gasteiger partial charge in [0.1, 0.15) is 0 Å². The van der Waals surface area contributed by atoms with E-state index in [-0.39, 0.29) is 0 Å². The van der Waals surface area contributed by atoms with Gasteiger partial charge in [0, 0.05) is 5.92 Å². The monoisotopic (exact) mass is 244 g/mol. The third-order valence-corrected chi connectivity index (χ3v) is 4.63. The van der Waals surface area contributed by atoms with Gasteiger partial charge in [-0.05, 0) is 23.8 Å². The van der Waals surface area contributed by atoms with Crippen molar-refractivity contribution in [1.82, 2.24) is 0 Å². The minimum Gasteiger partial charge on any atom is -0.376 e. The van der Waals surface area contributed by atoms with E-state index in [1.165, 1.54) is 11.1 Å². The summed E-state index contributed by atoms with van der Waals surface area (Å²) in [5.41, 5.74) is 3.08. The first kappa shape index (κ1) is 13.4. The minimum atomic E-state index is 0.320. The Morgan fingerprint density at radius 3 is 2.39 bits per heavy atom. The average Bonchev–Trinajstić information content (AvgIpc) is 2.55. The van der Waals surface area contributed by atoms with Crippen molar-refractivity contribution in [3.05, 3.63) is 47.5 Å². The Hall–Kier alpha value is -1.08. The predicted octanol–water partition coefficient (Wildman–Crippen LogP) is 4.44. The number of ether oxygens (including phenoxy) is 1. The van der Waals surface area contributed by atoms with Gasteiger partial charge in [-0.2, -0.15) is 0 Å². The van der Waals surface area contributed by atoms with Gasteiger partial charge in [-0.3, -0.25) is 0 Å². The SMILES string of the molecule is CC1=C[C@H](COCc2ccccc2)C(C)(C)[C@H]1C. The van der Waals surface area contributed by atoms with E-state index in [1.54, 1.807) is 0 Å². The van der Waals surface area contributed by atoms with Crippen LogP contribution in [0, 0.1) is 17.3 Å². The lowest BCUT2D eigenvalue weighted by molar-refractivity contribution is 0.0543. The molecule has 98 valence electrons. The lowest BCUT2D eigenvalue weighted by Crippen LogP contribution is -2.28. The highest BCUT2D eigenvalue weighted by Crippen LogP contribution is 2.46. The van der Waals surface area contributed by atoms with Gasteiger partial charge in [-0.25, -0.2) is 0 Å². The molecule has 0 saturated carbocycles. The van der Waals surface area contributed by atoms with Crippen LogP contribution in [-0.4, -0.2) is 6.61 Å². The minimum absolute atomic E-state index is 0.320.